The topological polar surface area (TPSA) is 45.2 Å². The lowest BCUT2D eigenvalue weighted by atomic mass is 9.94. The molecule has 0 amide bonds. The number of hydrogen-bond donors (Lipinski definition) is 1. The quantitative estimate of drug-likeness (QED) is 0.564. The molecule has 166 valence electrons. The van der Waals surface area contributed by atoms with Crippen molar-refractivity contribution in [2.75, 3.05) is 40.9 Å². The number of benzene rings is 1. The fourth-order valence-corrected chi connectivity index (χ4v) is 4.04. The van der Waals surface area contributed by atoms with Gasteiger partial charge in [-0.2, -0.15) is 0 Å². The van der Waals surface area contributed by atoms with Gasteiger partial charge in [0.2, 0.25) is 0 Å². The fraction of sp³-hybridized carbons (Fsp3) is 0.750. The van der Waals surface area contributed by atoms with E-state index in [0.29, 0.717) is 24.3 Å². The van der Waals surface area contributed by atoms with Crippen molar-refractivity contribution < 1.29 is 14.6 Å². The van der Waals surface area contributed by atoms with Gasteiger partial charge in [0.25, 0.3) is 0 Å². The van der Waals surface area contributed by atoms with Gasteiger partial charge in [-0.05, 0) is 63.5 Å². The third kappa shape index (κ3) is 8.53. The van der Waals surface area contributed by atoms with Crippen LogP contribution in [-0.2, 0) is 6.54 Å². The Bertz CT molecular complexity index is 587. The molecule has 0 unspecified atom stereocenters. The van der Waals surface area contributed by atoms with E-state index in [2.05, 4.69) is 43.8 Å². The van der Waals surface area contributed by atoms with Gasteiger partial charge in [0.05, 0.1) is 7.11 Å². The van der Waals surface area contributed by atoms with Gasteiger partial charge in [-0.25, -0.2) is 0 Å². The summed E-state index contributed by atoms with van der Waals surface area (Å²) in [6, 6.07) is 6.69. The molecule has 0 bridgehead atoms. The standard InChI is InChI=1S/C24H42N2O3/c1-19(2)13-14-25(3)16-20-11-12-23(24(15-20)28-5)29-18-22(27)17-26(4)21-9-7-6-8-10-21/h11-12,15,19,21-22,27H,6-10,13-14,16-18H2,1-5H3/t22-/m1/s1. The highest BCUT2D eigenvalue weighted by Crippen LogP contribution is 2.29. The molecule has 1 aliphatic carbocycles. The van der Waals surface area contributed by atoms with E-state index in [0.717, 1.165) is 18.8 Å². The van der Waals surface area contributed by atoms with Crippen LogP contribution in [0, 0.1) is 5.92 Å². The third-order valence-electron chi connectivity index (χ3n) is 5.90. The summed E-state index contributed by atoms with van der Waals surface area (Å²) in [6.45, 7) is 7.40. The molecule has 2 rings (SSSR count). The second kappa shape index (κ2) is 12.4. The maximum atomic E-state index is 10.4. The first-order valence-electron chi connectivity index (χ1n) is 11.3. The number of methoxy groups -OCH3 is 1. The van der Waals surface area contributed by atoms with Crippen molar-refractivity contribution in [2.45, 2.75) is 71.1 Å². The molecule has 0 aliphatic heterocycles. The summed E-state index contributed by atoms with van der Waals surface area (Å²) >= 11 is 0. The molecule has 1 aliphatic rings. The van der Waals surface area contributed by atoms with Crippen LogP contribution in [-0.4, -0.2) is 68.0 Å². The smallest absolute Gasteiger partial charge is 0.161 e. The van der Waals surface area contributed by atoms with Crippen molar-refractivity contribution in [3.63, 3.8) is 0 Å². The van der Waals surface area contributed by atoms with Crippen LogP contribution in [0.5, 0.6) is 11.5 Å². The average molecular weight is 407 g/mol. The first-order valence-corrected chi connectivity index (χ1v) is 11.3. The van der Waals surface area contributed by atoms with Crippen LogP contribution in [0.15, 0.2) is 18.2 Å². The van der Waals surface area contributed by atoms with Crippen molar-refractivity contribution in [2.24, 2.45) is 5.92 Å². The fourth-order valence-electron chi connectivity index (χ4n) is 4.04. The van der Waals surface area contributed by atoms with Crippen molar-refractivity contribution in [1.82, 2.24) is 9.80 Å². The molecule has 1 saturated carbocycles. The summed E-state index contributed by atoms with van der Waals surface area (Å²) < 4.78 is 11.4. The Morgan fingerprint density at radius 3 is 2.48 bits per heavy atom. The number of aliphatic hydroxyl groups excluding tert-OH is 1. The lowest BCUT2D eigenvalue weighted by molar-refractivity contribution is 0.0553. The molecular formula is C24H42N2O3. The number of ether oxygens (including phenoxy) is 2. The Kier molecular flexibility index (Phi) is 10.3. The monoisotopic (exact) mass is 406 g/mol. The molecule has 0 aromatic heterocycles. The summed E-state index contributed by atoms with van der Waals surface area (Å²) in [5.74, 6) is 2.14. The van der Waals surface area contributed by atoms with Crippen molar-refractivity contribution >= 4 is 0 Å². The van der Waals surface area contributed by atoms with E-state index in [1.807, 2.05) is 12.1 Å². The van der Waals surface area contributed by atoms with Crippen LogP contribution in [0.1, 0.15) is 57.9 Å². The Morgan fingerprint density at radius 1 is 1.10 bits per heavy atom. The van der Waals surface area contributed by atoms with Crippen LogP contribution < -0.4 is 9.47 Å². The molecule has 0 saturated heterocycles. The van der Waals surface area contributed by atoms with Gasteiger partial charge in [-0.3, -0.25) is 0 Å². The van der Waals surface area contributed by atoms with Gasteiger partial charge in [0.15, 0.2) is 11.5 Å². The van der Waals surface area contributed by atoms with Crippen LogP contribution in [0.3, 0.4) is 0 Å². The number of nitrogens with zero attached hydrogens (tertiary/aromatic N) is 2. The molecule has 1 N–H and O–H groups in total. The van der Waals surface area contributed by atoms with Gasteiger partial charge in [-0.15, -0.1) is 0 Å². The minimum atomic E-state index is -0.506. The number of likely N-dealkylation sites (N-methyl/N-ethyl adjacent to an activating group) is 1. The summed E-state index contributed by atoms with van der Waals surface area (Å²) in [7, 11) is 5.94. The third-order valence-corrected chi connectivity index (χ3v) is 5.90. The molecule has 29 heavy (non-hydrogen) atoms. The number of aliphatic hydroxyl groups is 1. The van der Waals surface area contributed by atoms with Gasteiger partial charge in [-0.1, -0.05) is 39.2 Å². The van der Waals surface area contributed by atoms with E-state index in [4.69, 9.17) is 9.47 Å². The van der Waals surface area contributed by atoms with E-state index in [1.54, 1.807) is 7.11 Å². The average Bonchev–Trinajstić information content (AvgIpc) is 2.71. The molecule has 1 atom stereocenters. The molecule has 0 spiro atoms. The zero-order valence-electron chi connectivity index (χ0n) is 19.2. The van der Waals surface area contributed by atoms with Gasteiger partial charge in [0.1, 0.15) is 12.7 Å². The largest absolute Gasteiger partial charge is 0.493 e. The minimum absolute atomic E-state index is 0.279. The van der Waals surface area contributed by atoms with Crippen LogP contribution in [0.25, 0.3) is 0 Å². The first kappa shape index (κ1) is 24.0. The molecule has 1 aromatic rings. The van der Waals surface area contributed by atoms with Crippen molar-refractivity contribution in [3.8, 4) is 11.5 Å². The number of rotatable bonds is 12. The lowest BCUT2D eigenvalue weighted by Gasteiger charge is -2.32. The highest BCUT2D eigenvalue weighted by Gasteiger charge is 2.20. The highest BCUT2D eigenvalue weighted by atomic mass is 16.5. The van der Waals surface area contributed by atoms with E-state index in [1.165, 1.54) is 44.1 Å². The van der Waals surface area contributed by atoms with Gasteiger partial charge in [0, 0.05) is 19.1 Å². The van der Waals surface area contributed by atoms with Crippen molar-refractivity contribution in [1.29, 1.82) is 0 Å². The Hall–Kier alpha value is -1.30. The molecule has 5 nitrogen and oxygen atoms in total. The summed E-state index contributed by atoms with van der Waals surface area (Å²) in [4.78, 5) is 4.63. The zero-order chi connectivity index (χ0) is 21.2. The van der Waals surface area contributed by atoms with Crippen molar-refractivity contribution in [3.05, 3.63) is 23.8 Å². The Balaban J connectivity index is 1.83. The molecule has 1 fully saturated rings. The second-order valence-corrected chi connectivity index (χ2v) is 9.10. The van der Waals surface area contributed by atoms with Crippen LogP contribution >= 0.6 is 0 Å². The normalized spacial score (nSPS) is 16.6. The predicted molar refractivity (Wildman–Crippen MR) is 120 cm³/mol. The lowest BCUT2D eigenvalue weighted by Crippen LogP contribution is -2.40. The maximum Gasteiger partial charge on any atom is 0.161 e. The van der Waals surface area contributed by atoms with Crippen LogP contribution in [0.4, 0.5) is 0 Å². The van der Waals surface area contributed by atoms with E-state index in [-0.39, 0.29) is 6.61 Å². The summed E-state index contributed by atoms with van der Waals surface area (Å²) in [5.41, 5.74) is 1.21. The Morgan fingerprint density at radius 2 is 1.83 bits per heavy atom. The van der Waals surface area contributed by atoms with E-state index < -0.39 is 6.10 Å². The van der Waals surface area contributed by atoms with Gasteiger partial charge >= 0.3 is 0 Å². The molecule has 1 aromatic carbocycles. The minimum Gasteiger partial charge on any atom is -0.493 e. The summed E-state index contributed by atoms with van der Waals surface area (Å²) in [6.07, 6.45) is 7.13. The molecule has 0 radical (unpaired) electrons. The maximum absolute atomic E-state index is 10.4. The SMILES string of the molecule is COc1cc(CN(C)CCC(C)C)ccc1OC[C@H](O)CN(C)C1CCCCC1. The highest BCUT2D eigenvalue weighted by molar-refractivity contribution is 5.43. The second-order valence-electron chi connectivity index (χ2n) is 9.10. The Labute approximate surface area is 178 Å². The molecule has 0 heterocycles. The molecule has 5 heteroatoms. The molecular weight excluding hydrogens is 364 g/mol. The summed E-state index contributed by atoms with van der Waals surface area (Å²) in [5, 5.41) is 10.4. The first-order chi connectivity index (χ1) is 13.9. The zero-order valence-corrected chi connectivity index (χ0v) is 19.2. The van der Waals surface area contributed by atoms with Gasteiger partial charge < -0.3 is 24.4 Å². The van der Waals surface area contributed by atoms with E-state index >= 15 is 0 Å². The number of hydrogen-bond acceptors (Lipinski definition) is 5. The van der Waals surface area contributed by atoms with E-state index in [9.17, 15) is 5.11 Å². The predicted octanol–water partition coefficient (Wildman–Crippen LogP) is 4.18. The van der Waals surface area contributed by atoms with Crippen LogP contribution in [0.2, 0.25) is 0 Å².